The van der Waals surface area contributed by atoms with Crippen molar-refractivity contribution in [1.29, 1.82) is 0 Å². The molecule has 138 valence electrons. The summed E-state index contributed by atoms with van der Waals surface area (Å²) >= 11 is -2.50. The second-order valence-electron chi connectivity index (χ2n) is 4.73. The zero-order valence-electron chi connectivity index (χ0n) is 17.5. The number of rotatable bonds is 7. The van der Waals surface area contributed by atoms with E-state index in [-0.39, 0.29) is 33.4 Å². The summed E-state index contributed by atoms with van der Waals surface area (Å²) < 4.78 is 84.5. The Balaban J connectivity index is 2.05. The summed E-state index contributed by atoms with van der Waals surface area (Å²) in [7, 11) is 2.40. The number of aromatic nitrogens is 3. The van der Waals surface area contributed by atoms with Crippen molar-refractivity contribution < 1.29 is 33.0 Å². The molecule has 3 aromatic rings. The molecule has 0 amide bonds. The van der Waals surface area contributed by atoms with Crippen molar-refractivity contribution in [1.82, 2.24) is 15.0 Å². The van der Waals surface area contributed by atoms with E-state index in [1.165, 1.54) is 32.4 Å². The first-order chi connectivity index (χ1) is 14.1. The SMILES string of the molecule is [2H]c1nc(C([2H])([2H])[S+]([O-])c2nc3ccc(OC(F)F)cc3[nH]2)c(OC)c(OC)c1[2H]. The van der Waals surface area contributed by atoms with Gasteiger partial charge in [0.1, 0.15) is 11.4 Å². The third-order valence-corrected chi connectivity index (χ3v) is 4.11. The van der Waals surface area contributed by atoms with Gasteiger partial charge in [-0.2, -0.15) is 13.8 Å². The summed E-state index contributed by atoms with van der Waals surface area (Å²) in [5, 5.41) is -0.298. The monoisotopic (exact) mass is 387 g/mol. The molecule has 0 aliphatic rings. The fourth-order valence-electron chi connectivity index (χ4n) is 2.12. The van der Waals surface area contributed by atoms with Crippen LogP contribution in [0.1, 0.15) is 11.2 Å². The number of nitrogens with zero attached hydrogens (tertiary/aromatic N) is 2. The molecule has 1 atom stereocenters. The van der Waals surface area contributed by atoms with Gasteiger partial charge in [-0.25, -0.2) is 0 Å². The zero-order chi connectivity index (χ0) is 22.2. The predicted molar refractivity (Wildman–Crippen MR) is 90.2 cm³/mol. The van der Waals surface area contributed by atoms with E-state index in [0.717, 1.165) is 0 Å². The van der Waals surface area contributed by atoms with Crippen molar-refractivity contribution in [2.24, 2.45) is 0 Å². The number of alkyl halides is 2. The van der Waals surface area contributed by atoms with E-state index in [0.29, 0.717) is 0 Å². The number of benzene rings is 1. The van der Waals surface area contributed by atoms with Crippen LogP contribution in [0.3, 0.4) is 0 Å². The van der Waals surface area contributed by atoms with Crippen molar-refractivity contribution in [2.45, 2.75) is 17.5 Å². The van der Waals surface area contributed by atoms with E-state index < -0.39 is 41.4 Å². The molecule has 26 heavy (non-hydrogen) atoms. The van der Waals surface area contributed by atoms with Gasteiger partial charge < -0.3 is 18.8 Å². The highest BCUT2D eigenvalue weighted by Gasteiger charge is 2.22. The molecule has 2 aromatic heterocycles. The van der Waals surface area contributed by atoms with Crippen LogP contribution in [0, 0.1) is 0 Å². The number of hydrogen-bond donors (Lipinski definition) is 1. The number of H-pyrrole nitrogens is 1. The van der Waals surface area contributed by atoms with Crippen molar-refractivity contribution in [3.8, 4) is 17.2 Å². The van der Waals surface area contributed by atoms with Crippen LogP contribution >= 0.6 is 0 Å². The van der Waals surface area contributed by atoms with Crippen LogP contribution in [-0.4, -0.2) is 40.3 Å². The smallest absolute Gasteiger partial charge is 0.387 e. The van der Waals surface area contributed by atoms with Crippen molar-refractivity contribution >= 4 is 22.2 Å². The molecule has 0 aliphatic heterocycles. The van der Waals surface area contributed by atoms with Gasteiger partial charge in [-0.3, -0.25) is 9.97 Å². The molecular weight excluding hydrogens is 368 g/mol. The Bertz CT molecular complexity index is 1090. The third kappa shape index (κ3) is 3.81. The number of hydrogen-bond acceptors (Lipinski definition) is 6. The number of imidazole rings is 1. The van der Waals surface area contributed by atoms with E-state index in [2.05, 4.69) is 19.7 Å². The van der Waals surface area contributed by atoms with Gasteiger partial charge in [0.15, 0.2) is 17.2 Å². The van der Waals surface area contributed by atoms with Crippen LogP contribution < -0.4 is 14.2 Å². The lowest BCUT2D eigenvalue weighted by atomic mass is 10.3. The third-order valence-electron chi connectivity index (χ3n) is 3.19. The zero-order valence-corrected chi connectivity index (χ0v) is 14.3. The lowest BCUT2D eigenvalue weighted by Crippen LogP contribution is -2.10. The van der Waals surface area contributed by atoms with Crippen LogP contribution in [0.15, 0.2) is 35.6 Å². The molecule has 0 spiro atoms. The number of pyridine rings is 1. The molecule has 3 rings (SSSR count). The number of nitrogens with one attached hydrogen (secondary N) is 1. The van der Waals surface area contributed by atoms with Crippen LogP contribution in [0.5, 0.6) is 17.2 Å². The van der Waals surface area contributed by atoms with E-state index in [4.69, 9.17) is 15.0 Å². The quantitative estimate of drug-likeness (QED) is 0.627. The number of halogens is 2. The van der Waals surface area contributed by atoms with Crippen molar-refractivity contribution in [3.05, 3.63) is 36.1 Å². The molecule has 0 saturated heterocycles. The van der Waals surface area contributed by atoms with Gasteiger partial charge in [0.25, 0.3) is 0 Å². The van der Waals surface area contributed by atoms with E-state index in [1.54, 1.807) is 0 Å². The summed E-state index contributed by atoms with van der Waals surface area (Å²) in [6, 6.07) is 3.38. The van der Waals surface area contributed by atoms with Crippen molar-refractivity contribution in [3.63, 3.8) is 0 Å². The van der Waals surface area contributed by atoms with Gasteiger partial charge in [0, 0.05) is 29.5 Å². The number of methoxy groups -OCH3 is 2. The number of fused-ring (bicyclic) bond motifs is 1. The highest BCUT2D eigenvalue weighted by atomic mass is 32.2. The van der Waals surface area contributed by atoms with Gasteiger partial charge >= 0.3 is 11.8 Å². The maximum absolute atomic E-state index is 13.0. The van der Waals surface area contributed by atoms with Gasteiger partial charge in [-0.15, -0.1) is 0 Å². The molecule has 7 nitrogen and oxygen atoms in total. The molecule has 0 radical (unpaired) electrons. The minimum Gasteiger partial charge on any atom is -0.609 e. The Kier molecular flexibility index (Phi) is 4.05. The maximum Gasteiger partial charge on any atom is 0.387 e. The molecule has 2 heterocycles. The lowest BCUT2D eigenvalue weighted by Gasteiger charge is -2.12. The molecule has 10 heteroatoms. The average Bonchev–Trinajstić information content (AvgIpc) is 3.11. The summed E-state index contributed by atoms with van der Waals surface area (Å²) in [6.07, 6.45) is -0.595. The van der Waals surface area contributed by atoms with Crippen LogP contribution in [-0.2, 0) is 16.9 Å². The summed E-state index contributed by atoms with van der Waals surface area (Å²) in [5.41, 5.74) is -2.77. The highest BCUT2D eigenvalue weighted by Crippen LogP contribution is 2.31. The summed E-state index contributed by atoms with van der Waals surface area (Å²) in [6.45, 7) is -3.03. The molecular formula is C16H15F2N3O4S. The average molecular weight is 387 g/mol. The highest BCUT2D eigenvalue weighted by molar-refractivity contribution is 7.90. The van der Waals surface area contributed by atoms with Crippen molar-refractivity contribution in [2.75, 3.05) is 14.2 Å². The maximum atomic E-state index is 13.0. The predicted octanol–water partition coefficient (Wildman–Crippen LogP) is 2.88. The normalized spacial score (nSPS) is 15.2. The standard InChI is InChI=1S/C16H15F2N3O4S/c1-23-13-5-6-19-12(14(13)24-2)8-26(22)16-20-10-4-3-9(25-15(17)18)7-11(10)21-16/h3-7,15H,8H2,1-2H3,(H,20,21)/i5D,6D,8D2. The van der Waals surface area contributed by atoms with Crippen LogP contribution in [0.2, 0.25) is 0 Å². The van der Waals surface area contributed by atoms with Gasteiger partial charge in [-0.1, -0.05) is 0 Å². The van der Waals surface area contributed by atoms with Gasteiger partial charge in [0.2, 0.25) is 0 Å². The number of aromatic amines is 1. The van der Waals surface area contributed by atoms with Gasteiger partial charge in [0.05, 0.1) is 30.7 Å². The molecule has 0 saturated carbocycles. The Hall–Kier alpha value is -2.59. The lowest BCUT2D eigenvalue weighted by molar-refractivity contribution is -0.0497. The molecule has 1 aromatic carbocycles. The first-order valence-electron chi connectivity index (χ1n) is 9.06. The van der Waals surface area contributed by atoms with Gasteiger partial charge in [-0.05, 0) is 12.1 Å². The van der Waals surface area contributed by atoms with E-state index in [9.17, 15) is 13.3 Å². The first-order valence-corrected chi connectivity index (χ1v) is 8.21. The Morgan fingerprint density at radius 1 is 1.38 bits per heavy atom. The second-order valence-corrected chi connectivity index (χ2v) is 5.86. The molecule has 0 bridgehead atoms. The summed E-state index contributed by atoms with van der Waals surface area (Å²) in [4.78, 5) is 10.4. The van der Waals surface area contributed by atoms with E-state index in [1.807, 2.05) is 0 Å². The first kappa shape index (κ1) is 13.6. The Morgan fingerprint density at radius 2 is 2.19 bits per heavy atom. The Labute approximate surface area is 156 Å². The second kappa shape index (κ2) is 7.75. The molecule has 0 fully saturated rings. The fraction of sp³-hybridized carbons (Fsp3) is 0.250. The fourth-order valence-corrected chi connectivity index (χ4v) is 2.91. The molecule has 1 N–H and O–H groups in total. The largest absolute Gasteiger partial charge is 0.609 e. The van der Waals surface area contributed by atoms with Crippen LogP contribution in [0.25, 0.3) is 11.0 Å². The summed E-state index contributed by atoms with van der Waals surface area (Å²) in [5.74, 6) is -0.660. The van der Waals surface area contributed by atoms with E-state index >= 15 is 0 Å². The Morgan fingerprint density at radius 3 is 2.88 bits per heavy atom. The minimum atomic E-state index is -3.03. The minimum absolute atomic E-state index is 0.153. The molecule has 1 unspecified atom stereocenters. The number of ether oxygens (including phenoxy) is 3. The molecule has 0 aliphatic carbocycles. The van der Waals surface area contributed by atoms with Crippen LogP contribution in [0.4, 0.5) is 8.78 Å². The topological polar surface area (TPSA) is 92.3 Å².